The molecule has 1 aromatic heterocycles. The molecule has 0 bridgehead atoms. The second kappa shape index (κ2) is 3.94. The average molecular weight is 293 g/mol. The van der Waals surface area contributed by atoms with Gasteiger partial charge < -0.3 is 5.32 Å². The fraction of sp³-hybridized carbons (Fsp3) is 0.375. The lowest BCUT2D eigenvalue weighted by molar-refractivity contribution is -0.384. The molecule has 1 heterocycles. The standard InChI is InChI=1S/C8H7BrClN3O2/c9-7-5(10)3-6(13(14)15)8(12-7)11-4-1-2-4/h3-4H,1-2H2,(H,11,12). The fourth-order valence-corrected chi connectivity index (χ4v) is 1.56. The number of anilines is 1. The van der Waals surface area contributed by atoms with E-state index < -0.39 is 4.92 Å². The van der Waals surface area contributed by atoms with Crippen LogP contribution in [0.3, 0.4) is 0 Å². The molecule has 0 aromatic carbocycles. The molecule has 1 N–H and O–H groups in total. The molecule has 1 aromatic rings. The molecule has 1 saturated carbocycles. The summed E-state index contributed by atoms with van der Waals surface area (Å²) in [6.07, 6.45) is 2.05. The van der Waals surface area contributed by atoms with Crippen LogP contribution < -0.4 is 5.32 Å². The van der Waals surface area contributed by atoms with Crippen molar-refractivity contribution in [3.63, 3.8) is 0 Å². The highest BCUT2D eigenvalue weighted by atomic mass is 79.9. The van der Waals surface area contributed by atoms with E-state index in [0.29, 0.717) is 10.6 Å². The Morgan fingerprint density at radius 3 is 2.87 bits per heavy atom. The van der Waals surface area contributed by atoms with Crippen LogP contribution in [0.1, 0.15) is 12.8 Å². The van der Waals surface area contributed by atoms with Crippen LogP contribution in [0.4, 0.5) is 11.5 Å². The number of hydrogen-bond donors (Lipinski definition) is 1. The summed E-state index contributed by atoms with van der Waals surface area (Å²) in [6, 6.07) is 1.60. The second-order valence-electron chi connectivity index (χ2n) is 3.30. The number of nitrogens with zero attached hydrogens (tertiary/aromatic N) is 2. The zero-order chi connectivity index (χ0) is 11.0. The van der Waals surface area contributed by atoms with Gasteiger partial charge in [-0.2, -0.15) is 0 Å². The van der Waals surface area contributed by atoms with Crippen LogP contribution in [0.2, 0.25) is 5.02 Å². The predicted octanol–water partition coefficient (Wildman–Crippen LogP) is 2.98. The number of aromatic nitrogens is 1. The van der Waals surface area contributed by atoms with E-state index in [-0.39, 0.29) is 16.5 Å². The molecule has 80 valence electrons. The lowest BCUT2D eigenvalue weighted by atomic mass is 10.4. The van der Waals surface area contributed by atoms with Crippen molar-refractivity contribution < 1.29 is 4.92 Å². The first-order valence-corrected chi connectivity index (χ1v) is 5.52. The maximum Gasteiger partial charge on any atom is 0.312 e. The summed E-state index contributed by atoms with van der Waals surface area (Å²) >= 11 is 8.87. The Balaban J connectivity index is 2.39. The minimum atomic E-state index is -0.490. The number of pyridine rings is 1. The number of hydrogen-bond acceptors (Lipinski definition) is 4. The van der Waals surface area contributed by atoms with Crippen molar-refractivity contribution in [3.8, 4) is 0 Å². The molecule has 1 aliphatic rings. The summed E-state index contributed by atoms with van der Waals surface area (Å²) in [5.74, 6) is 0.277. The maximum absolute atomic E-state index is 10.7. The van der Waals surface area contributed by atoms with E-state index in [4.69, 9.17) is 11.6 Å². The molecule has 1 aliphatic carbocycles. The van der Waals surface area contributed by atoms with Gasteiger partial charge in [0.2, 0.25) is 5.82 Å². The van der Waals surface area contributed by atoms with E-state index in [1.165, 1.54) is 6.07 Å². The van der Waals surface area contributed by atoms with Crippen molar-refractivity contribution >= 4 is 39.0 Å². The van der Waals surface area contributed by atoms with E-state index in [9.17, 15) is 10.1 Å². The minimum Gasteiger partial charge on any atom is -0.362 e. The van der Waals surface area contributed by atoms with Gasteiger partial charge in [0.1, 0.15) is 4.60 Å². The van der Waals surface area contributed by atoms with Crippen LogP contribution in [-0.4, -0.2) is 15.9 Å². The van der Waals surface area contributed by atoms with E-state index in [0.717, 1.165) is 12.8 Å². The Labute approximate surface area is 99.1 Å². The molecule has 15 heavy (non-hydrogen) atoms. The number of halogens is 2. The molecule has 0 radical (unpaired) electrons. The van der Waals surface area contributed by atoms with Crippen molar-refractivity contribution in [1.82, 2.24) is 4.98 Å². The summed E-state index contributed by atoms with van der Waals surface area (Å²) in [6.45, 7) is 0. The topological polar surface area (TPSA) is 68.1 Å². The van der Waals surface area contributed by atoms with Crippen LogP contribution in [0.15, 0.2) is 10.7 Å². The van der Waals surface area contributed by atoms with Gasteiger partial charge in [0.25, 0.3) is 0 Å². The highest BCUT2D eigenvalue weighted by molar-refractivity contribution is 9.10. The van der Waals surface area contributed by atoms with Gasteiger partial charge in [-0.1, -0.05) is 11.6 Å². The van der Waals surface area contributed by atoms with E-state index >= 15 is 0 Å². The Kier molecular flexibility index (Phi) is 2.79. The minimum absolute atomic E-state index is 0.0879. The molecule has 5 nitrogen and oxygen atoms in total. The first kappa shape index (κ1) is 10.6. The highest BCUT2D eigenvalue weighted by Gasteiger charge is 2.26. The summed E-state index contributed by atoms with van der Waals surface area (Å²) in [4.78, 5) is 14.3. The Morgan fingerprint density at radius 1 is 1.67 bits per heavy atom. The van der Waals surface area contributed by atoms with Gasteiger partial charge in [0.15, 0.2) is 0 Å². The predicted molar refractivity (Wildman–Crippen MR) is 60.2 cm³/mol. The summed E-state index contributed by atoms with van der Waals surface area (Å²) in [5, 5.41) is 14.0. The zero-order valence-electron chi connectivity index (χ0n) is 7.54. The SMILES string of the molecule is O=[N+]([O-])c1cc(Cl)c(Br)nc1NC1CC1. The van der Waals surface area contributed by atoms with Crippen molar-refractivity contribution in [3.05, 3.63) is 25.8 Å². The molecule has 0 saturated heterocycles. The molecule has 0 amide bonds. The summed E-state index contributed by atoms with van der Waals surface area (Å²) in [5.41, 5.74) is -0.0879. The van der Waals surface area contributed by atoms with Gasteiger partial charge in [0.05, 0.1) is 9.95 Å². The summed E-state index contributed by atoms with van der Waals surface area (Å²) in [7, 11) is 0. The first-order chi connectivity index (χ1) is 7.08. The zero-order valence-corrected chi connectivity index (χ0v) is 9.88. The maximum atomic E-state index is 10.7. The lowest BCUT2D eigenvalue weighted by Crippen LogP contribution is -2.06. The van der Waals surface area contributed by atoms with E-state index in [2.05, 4.69) is 26.2 Å². The number of nitrogens with one attached hydrogen (secondary N) is 1. The first-order valence-electron chi connectivity index (χ1n) is 4.35. The smallest absolute Gasteiger partial charge is 0.312 e. The molecule has 0 spiro atoms. The molecule has 2 rings (SSSR count). The molecular formula is C8H7BrClN3O2. The number of rotatable bonds is 3. The fourth-order valence-electron chi connectivity index (χ4n) is 1.12. The van der Waals surface area contributed by atoms with Gasteiger partial charge in [-0.15, -0.1) is 0 Å². The van der Waals surface area contributed by atoms with Gasteiger partial charge in [-0.3, -0.25) is 10.1 Å². The molecule has 0 unspecified atom stereocenters. The second-order valence-corrected chi connectivity index (χ2v) is 4.46. The van der Waals surface area contributed by atoms with Crippen LogP contribution in [0, 0.1) is 10.1 Å². The molecular weight excluding hydrogens is 285 g/mol. The Morgan fingerprint density at radius 2 is 2.33 bits per heavy atom. The van der Waals surface area contributed by atoms with Crippen LogP contribution in [0.5, 0.6) is 0 Å². The van der Waals surface area contributed by atoms with Crippen LogP contribution in [0.25, 0.3) is 0 Å². The van der Waals surface area contributed by atoms with Crippen molar-refractivity contribution in [2.45, 2.75) is 18.9 Å². The third-order valence-corrected chi connectivity index (χ3v) is 3.15. The molecule has 1 fully saturated rings. The monoisotopic (exact) mass is 291 g/mol. The largest absolute Gasteiger partial charge is 0.362 e. The lowest BCUT2D eigenvalue weighted by Gasteiger charge is -2.05. The molecule has 7 heteroatoms. The van der Waals surface area contributed by atoms with E-state index in [1.807, 2.05) is 0 Å². The third kappa shape index (κ3) is 2.38. The van der Waals surface area contributed by atoms with Gasteiger partial charge in [-0.25, -0.2) is 4.98 Å². The van der Waals surface area contributed by atoms with Crippen molar-refractivity contribution in [2.75, 3.05) is 5.32 Å². The third-order valence-electron chi connectivity index (χ3n) is 2.03. The van der Waals surface area contributed by atoms with Gasteiger partial charge >= 0.3 is 5.69 Å². The van der Waals surface area contributed by atoms with Gasteiger partial charge in [-0.05, 0) is 28.8 Å². The highest BCUT2D eigenvalue weighted by Crippen LogP contribution is 2.34. The molecule has 0 atom stereocenters. The van der Waals surface area contributed by atoms with Crippen LogP contribution >= 0.6 is 27.5 Å². The Hall–Kier alpha value is -0.880. The molecule has 0 aliphatic heterocycles. The van der Waals surface area contributed by atoms with E-state index in [1.54, 1.807) is 0 Å². The Bertz CT molecular complexity index is 423. The normalized spacial score (nSPS) is 15.1. The van der Waals surface area contributed by atoms with Gasteiger partial charge in [0, 0.05) is 12.1 Å². The van der Waals surface area contributed by atoms with Crippen molar-refractivity contribution in [1.29, 1.82) is 0 Å². The number of nitro groups is 1. The van der Waals surface area contributed by atoms with Crippen molar-refractivity contribution in [2.24, 2.45) is 0 Å². The quantitative estimate of drug-likeness (QED) is 0.528. The summed E-state index contributed by atoms with van der Waals surface area (Å²) < 4.78 is 0.415. The van der Waals surface area contributed by atoms with Crippen LogP contribution in [-0.2, 0) is 0 Å². The average Bonchev–Trinajstić information content (AvgIpc) is 2.94.